The second-order valence-electron chi connectivity index (χ2n) is 6.51. The topological polar surface area (TPSA) is 108 Å². The van der Waals surface area contributed by atoms with Gasteiger partial charge in [0, 0.05) is 0 Å². The fourth-order valence-electron chi connectivity index (χ4n) is 2.77. The van der Waals surface area contributed by atoms with Gasteiger partial charge in [0.25, 0.3) is 0 Å². The Morgan fingerprint density at radius 3 is 2.80 bits per heavy atom. The Hall–Kier alpha value is -4.08. The smallest absolute Gasteiger partial charge is 0.316 e. The first kappa shape index (κ1) is 19.2. The number of halogens is 1. The Kier molecular flexibility index (Phi) is 5.21. The van der Waals surface area contributed by atoms with E-state index in [0.29, 0.717) is 23.7 Å². The highest BCUT2D eigenvalue weighted by atomic mass is 19.1. The number of benzene rings is 2. The van der Waals surface area contributed by atoms with E-state index >= 15 is 0 Å². The third-order valence-electron chi connectivity index (χ3n) is 4.25. The van der Waals surface area contributed by atoms with Crippen LogP contribution in [0, 0.1) is 12.7 Å². The van der Waals surface area contributed by atoms with Crippen LogP contribution in [0.4, 0.5) is 10.1 Å². The summed E-state index contributed by atoms with van der Waals surface area (Å²) >= 11 is 0. The van der Waals surface area contributed by atoms with Crippen molar-refractivity contribution in [2.24, 2.45) is 0 Å². The Bertz CT molecular complexity index is 1190. The molecule has 10 heteroatoms. The molecule has 0 aliphatic heterocycles. The summed E-state index contributed by atoms with van der Waals surface area (Å²) in [5.74, 6) is -0.462. The predicted molar refractivity (Wildman–Crippen MR) is 105 cm³/mol. The van der Waals surface area contributed by atoms with Gasteiger partial charge in [-0.15, -0.1) is 5.10 Å². The number of aryl methyl sites for hydroxylation is 1. The Labute approximate surface area is 170 Å². The van der Waals surface area contributed by atoms with Gasteiger partial charge in [0.2, 0.25) is 5.82 Å². The van der Waals surface area contributed by atoms with Gasteiger partial charge >= 0.3 is 11.8 Å². The second kappa shape index (κ2) is 8.11. The lowest BCUT2D eigenvalue weighted by Gasteiger charge is -2.09. The molecule has 2 aromatic heterocycles. The van der Waals surface area contributed by atoms with Gasteiger partial charge in [-0.25, -0.2) is 9.07 Å². The molecular weight excluding hydrogens is 391 g/mol. The van der Waals surface area contributed by atoms with Crippen LogP contribution >= 0.6 is 0 Å². The van der Waals surface area contributed by atoms with E-state index < -0.39 is 5.91 Å². The van der Waals surface area contributed by atoms with Crippen molar-refractivity contribution in [2.45, 2.75) is 13.5 Å². The van der Waals surface area contributed by atoms with Crippen molar-refractivity contribution in [3.63, 3.8) is 0 Å². The molecule has 0 aliphatic rings. The molecule has 0 unspecified atom stereocenters. The second-order valence-corrected chi connectivity index (χ2v) is 6.51. The first-order valence-corrected chi connectivity index (χ1v) is 8.96. The van der Waals surface area contributed by atoms with Crippen LogP contribution in [0.5, 0.6) is 5.75 Å². The molecule has 0 saturated carbocycles. The highest BCUT2D eigenvalue weighted by Gasteiger charge is 2.19. The maximum atomic E-state index is 13.0. The average Bonchev–Trinajstić information content (AvgIpc) is 3.39. The minimum absolute atomic E-state index is 0.127. The lowest BCUT2D eigenvalue weighted by atomic mass is 10.2. The number of ether oxygens (including phenoxy) is 1. The average molecular weight is 408 g/mol. The number of nitrogens with zero attached hydrogens (tertiary/aromatic N) is 5. The van der Waals surface area contributed by atoms with Gasteiger partial charge in [-0.3, -0.25) is 4.79 Å². The van der Waals surface area contributed by atoms with Crippen molar-refractivity contribution in [3.05, 3.63) is 71.5 Å². The summed E-state index contributed by atoms with van der Waals surface area (Å²) in [6.07, 6.45) is 1.61. The third kappa shape index (κ3) is 4.17. The lowest BCUT2D eigenvalue weighted by molar-refractivity contribution is 0.0981. The molecule has 152 valence electrons. The maximum Gasteiger partial charge on any atom is 0.316 e. The third-order valence-corrected chi connectivity index (χ3v) is 4.25. The van der Waals surface area contributed by atoms with Gasteiger partial charge in [-0.05, 0) is 42.3 Å². The highest BCUT2D eigenvalue weighted by Crippen LogP contribution is 2.25. The van der Waals surface area contributed by atoms with Gasteiger partial charge in [0.1, 0.15) is 11.6 Å². The zero-order chi connectivity index (χ0) is 21.1. The van der Waals surface area contributed by atoms with Gasteiger partial charge in [0.05, 0.1) is 25.5 Å². The van der Waals surface area contributed by atoms with Crippen molar-refractivity contribution in [2.75, 3.05) is 12.4 Å². The summed E-state index contributed by atoms with van der Waals surface area (Å²) < 4.78 is 24.9. The number of hydrogen-bond donors (Lipinski definition) is 1. The molecule has 4 rings (SSSR count). The normalized spacial score (nSPS) is 10.8. The monoisotopic (exact) mass is 408 g/mol. The number of anilines is 1. The molecule has 2 heterocycles. The molecule has 0 fully saturated rings. The molecule has 1 amide bonds. The van der Waals surface area contributed by atoms with Crippen molar-refractivity contribution < 1.29 is 18.4 Å². The largest absolute Gasteiger partial charge is 0.495 e. The fourth-order valence-corrected chi connectivity index (χ4v) is 2.77. The van der Waals surface area contributed by atoms with Gasteiger partial charge in [-0.1, -0.05) is 28.6 Å². The molecule has 4 aromatic rings. The Balaban J connectivity index is 1.48. The summed E-state index contributed by atoms with van der Waals surface area (Å²) in [5.41, 5.74) is 2.64. The molecule has 0 spiro atoms. The number of carbonyl (C=O) groups is 1. The number of amides is 1. The van der Waals surface area contributed by atoms with E-state index in [2.05, 4.69) is 25.8 Å². The van der Waals surface area contributed by atoms with Crippen LogP contribution in [-0.4, -0.2) is 38.2 Å². The lowest BCUT2D eigenvalue weighted by Crippen LogP contribution is -2.13. The Morgan fingerprint density at radius 2 is 2.03 bits per heavy atom. The molecule has 9 nitrogen and oxygen atoms in total. The molecule has 0 atom stereocenters. The summed E-state index contributed by atoms with van der Waals surface area (Å²) in [4.78, 5) is 16.6. The number of nitrogens with one attached hydrogen (secondary N) is 1. The molecule has 0 bridgehead atoms. The van der Waals surface area contributed by atoms with E-state index in [0.717, 1.165) is 11.1 Å². The Morgan fingerprint density at radius 1 is 1.23 bits per heavy atom. The minimum Gasteiger partial charge on any atom is -0.495 e. The molecular formula is C20H17FN6O3. The highest BCUT2D eigenvalue weighted by molar-refractivity contribution is 6.02. The molecule has 0 aliphatic carbocycles. The van der Waals surface area contributed by atoms with E-state index in [1.165, 1.54) is 19.2 Å². The minimum atomic E-state index is -0.573. The van der Waals surface area contributed by atoms with E-state index in [9.17, 15) is 9.18 Å². The van der Waals surface area contributed by atoms with Crippen LogP contribution in [0.1, 0.15) is 21.8 Å². The van der Waals surface area contributed by atoms with Crippen LogP contribution < -0.4 is 10.1 Å². The molecule has 30 heavy (non-hydrogen) atoms. The number of hydrogen-bond acceptors (Lipinski definition) is 7. The van der Waals surface area contributed by atoms with Crippen LogP contribution in [0.15, 0.2) is 53.2 Å². The van der Waals surface area contributed by atoms with Crippen molar-refractivity contribution >= 4 is 11.6 Å². The van der Waals surface area contributed by atoms with Crippen LogP contribution in [0.3, 0.4) is 0 Å². The summed E-state index contributed by atoms with van der Waals surface area (Å²) in [5, 5.41) is 14.5. The number of carbonyl (C=O) groups excluding carboxylic acids is 1. The van der Waals surface area contributed by atoms with Crippen LogP contribution in [0.2, 0.25) is 0 Å². The predicted octanol–water partition coefficient (Wildman–Crippen LogP) is 3.08. The standard InChI is InChI=1S/C20H17FN6O3/c1-12-3-8-17(29-2)15(9-12)22-19(28)20-23-18(25-30-20)16-11-27(26-24-16)10-13-4-6-14(21)7-5-13/h3-9,11H,10H2,1-2H3,(H,22,28). The van der Waals surface area contributed by atoms with E-state index in [1.54, 1.807) is 35.1 Å². The molecule has 0 radical (unpaired) electrons. The van der Waals surface area contributed by atoms with Crippen molar-refractivity contribution in [1.29, 1.82) is 0 Å². The molecule has 1 N–H and O–H groups in total. The number of rotatable bonds is 6. The van der Waals surface area contributed by atoms with Gasteiger partial charge < -0.3 is 14.6 Å². The van der Waals surface area contributed by atoms with Crippen LogP contribution in [0.25, 0.3) is 11.5 Å². The summed E-state index contributed by atoms with van der Waals surface area (Å²) in [6.45, 7) is 2.29. The zero-order valence-corrected chi connectivity index (χ0v) is 16.2. The maximum absolute atomic E-state index is 13.0. The van der Waals surface area contributed by atoms with Gasteiger partial charge in [-0.2, -0.15) is 4.98 Å². The number of methoxy groups -OCH3 is 1. The van der Waals surface area contributed by atoms with Crippen molar-refractivity contribution in [1.82, 2.24) is 25.1 Å². The zero-order valence-electron chi connectivity index (χ0n) is 16.2. The first-order chi connectivity index (χ1) is 14.5. The quantitative estimate of drug-likeness (QED) is 0.522. The van der Waals surface area contributed by atoms with Crippen molar-refractivity contribution in [3.8, 4) is 17.3 Å². The van der Waals surface area contributed by atoms with E-state index in [-0.39, 0.29) is 17.5 Å². The van der Waals surface area contributed by atoms with Crippen LogP contribution in [-0.2, 0) is 6.54 Å². The van der Waals surface area contributed by atoms with Gasteiger partial charge in [0.15, 0.2) is 5.69 Å². The number of aromatic nitrogens is 5. The molecule has 2 aromatic carbocycles. The fraction of sp³-hybridized carbons (Fsp3) is 0.150. The SMILES string of the molecule is COc1ccc(C)cc1NC(=O)c1nc(-c2cn(Cc3ccc(F)cc3)nn2)no1. The summed E-state index contributed by atoms with van der Waals surface area (Å²) in [7, 11) is 1.51. The van der Waals surface area contributed by atoms with E-state index in [4.69, 9.17) is 9.26 Å². The summed E-state index contributed by atoms with van der Waals surface area (Å²) in [6, 6.07) is 11.5. The first-order valence-electron chi connectivity index (χ1n) is 8.96. The van der Waals surface area contributed by atoms with E-state index in [1.807, 2.05) is 13.0 Å². The molecule has 0 saturated heterocycles.